The number of nitrogens with zero attached hydrogens (tertiary/aromatic N) is 1. The van der Waals surface area contributed by atoms with Gasteiger partial charge in [-0.2, -0.15) is 0 Å². The van der Waals surface area contributed by atoms with Crippen molar-refractivity contribution in [3.05, 3.63) is 59.7 Å². The van der Waals surface area contributed by atoms with E-state index in [1.165, 1.54) is 30.9 Å². The third-order valence-electron chi connectivity index (χ3n) is 4.24. The van der Waals surface area contributed by atoms with Gasteiger partial charge in [-0.15, -0.1) is 11.8 Å². The van der Waals surface area contributed by atoms with E-state index in [-0.39, 0.29) is 11.3 Å². The van der Waals surface area contributed by atoms with Crippen molar-refractivity contribution in [3.63, 3.8) is 0 Å². The molecule has 0 aliphatic carbocycles. The summed E-state index contributed by atoms with van der Waals surface area (Å²) in [6.45, 7) is 0. The number of carbonyl (C=O) groups excluding carboxylic acids is 1. The van der Waals surface area contributed by atoms with Gasteiger partial charge in [0.1, 0.15) is 11.4 Å². The number of carboxylic acids is 1. The molecule has 1 aliphatic heterocycles. The minimum atomic E-state index is -1.01. The minimum absolute atomic E-state index is 0.341. The van der Waals surface area contributed by atoms with E-state index in [9.17, 15) is 14.7 Å². The zero-order valence-electron chi connectivity index (χ0n) is 14.4. The van der Waals surface area contributed by atoms with Crippen LogP contribution in [0.4, 0.5) is 0 Å². The van der Waals surface area contributed by atoms with Gasteiger partial charge >= 0.3 is 5.97 Å². The molecule has 1 N–H and O–H groups in total. The Morgan fingerprint density at radius 1 is 1.08 bits per heavy atom. The van der Waals surface area contributed by atoms with Crippen molar-refractivity contribution in [1.82, 2.24) is 4.90 Å². The van der Waals surface area contributed by atoms with Crippen LogP contribution in [-0.4, -0.2) is 47.9 Å². The van der Waals surface area contributed by atoms with E-state index in [4.69, 9.17) is 9.47 Å². The van der Waals surface area contributed by atoms with Crippen LogP contribution in [0.5, 0.6) is 11.5 Å². The second-order valence-electron chi connectivity index (χ2n) is 5.73. The summed E-state index contributed by atoms with van der Waals surface area (Å²) in [5, 5.41) is 9.23. The van der Waals surface area contributed by atoms with Crippen LogP contribution in [0.3, 0.4) is 0 Å². The SMILES string of the molecule is COc1ccc(C(=O)N2[C@H](C(=O)O)CS[C@H]2c2ccccc2)cc1OC. The Balaban J connectivity index is 1.99. The van der Waals surface area contributed by atoms with Crippen molar-refractivity contribution in [2.75, 3.05) is 20.0 Å². The molecular formula is C19H19NO5S. The Bertz CT molecular complexity index is 811. The van der Waals surface area contributed by atoms with Crippen molar-refractivity contribution >= 4 is 23.6 Å². The summed E-state index contributed by atoms with van der Waals surface area (Å²) in [6, 6.07) is 13.4. The van der Waals surface area contributed by atoms with E-state index < -0.39 is 12.0 Å². The number of aliphatic carboxylic acids is 1. The molecule has 1 heterocycles. The first-order chi connectivity index (χ1) is 12.6. The van der Waals surface area contributed by atoms with Gasteiger partial charge in [0.15, 0.2) is 11.5 Å². The second-order valence-corrected chi connectivity index (χ2v) is 6.85. The lowest BCUT2D eigenvalue weighted by Gasteiger charge is -2.28. The molecule has 6 nitrogen and oxygen atoms in total. The number of carboxylic acid groups (broad SMARTS) is 1. The van der Waals surface area contributed by atoms with Crippen LogP contribution in [0, 0.1) is 0 Å². The largest absolute Gasteiger partial charge is 0.493 e. The molecule has 26 heavy (non-hydrogen) atoms. The molecule has 0 saturated carbocycles. The third kappa shape index (κ3) is 3.35. The number of benzene rings is 2. The van der Waals surface area contributed by atoms with Crippen LogP contribution in [0.1, 0.15) is 21.3 Å². The molecule has 7 heteroatoms. The highest BCUT2D eigenvalue weighted by molar-refractivity contribution is 7.99. The first-order valence-corrected chi connectivity index (χ1v) is 9.05. The lowest BCUT2D eigenvalue weighted by Crippen LogP contribution is -2.42. The Morgan fingerprint density at radius 3 is 2.38 bits per heavy atom. The maximum Gasteiger partial charge on any atom is 0.327 e. The molecule has 0 aromatic heterocycles. The molecule has 0 bridgehead atoms. The Hall–Kier alpha value is -2.67. The molecule has 0 unspecified atom stereocenters. The summed E-state index contributed by atoms with van der Waals surface area (Å²) < 4.78 is 10.5. The van der Waals surface area contributed by atoms with Gasteiger partial charge in [-0.05, 0) is 23.8 Å². The molecule has 1 saturated heterocycles. The molecule has 1 amide bonds. The summed E-state index contributed by atoms with van der Waals surface area (Å²) in [5.74, 6) is -0.0852. The zero-order chi connectivity index (χ0) is 18.7. The van der Waals surface area contributed by atoms with Crippen molar-refractivity contribution in [1.29, 1.82) is 0 Å². The summed E-state index contributed by atoms with van der Waals surface area (Å²) >= 11 is 1.45. The van der Waals surface area contributed by atoms with E-state index in [1.54, 1.807) is 18.2 Å². The number of methoxy groups -OCH3 is 2. The molecular weight excluding hydrogens is 354 g/mol. The van der Waals surface area contributed by atoms with Crippen LogP contribution >= 0.6 is 11.8 Å². The molecule has 136 valence electrons. The molecule has 1 aliphatic rings. The predicted molar refractivity (Wildman–Crippen MR) is 98.8 cm³/mol. The van der Waals surface area contributed by atoms with Gasteiger partial charge in [0.05, 0.1) is 14.2 Å². The molecule has 1 fully saturated rings. The van der Waals surface area contributed by atoms with Crippen LogP contribution < -0.4 is 9.47 Å². The lowest BCUT2D eigenvalue weighted by atomic mass is 10.1. The van der Waals surface area contributed by atoms with E-state index in [0.29, 0.717) is 22.8 Å². The Kier molecular flexibility index (Phi) is 5.37. The fourth-order valence-corrected chi connectivity index (χ4v) is 4.36. The Labute approximate surface area is 155 Å². The van der Waals surface area contributed by atoms with Gasteiger partial charge in [-0.3, -0.25) is 4.79 Å². The van der Waals surface area contributed by atoms with Gasteiger partial charge in [-0.25, -0.2) is 4.79 Å². The van der Waals surface area contributed by atoms with Crippen LogP contribution in [0.15, 0.2) is 48.5 Å². The normalized spacial score (nSPS) is 19.2. The zero-order valence-corrected chi connectivity index (χ0v) is 15.2. The third-order valence-corrected chi connectivity index (χ3v) is 5.56. The standard InChI is InChI=1S/C19H19NO5S/c1-24-15-9-8-13(10-16(15)25-2)17(21)20-14(19(22)23)11-26-18(20)12-6-4-3-5-7-12/h3-10,14,18H,11H2,1-2H3,(H,22,23)/t14-,18-/m0/s1. The number of hydrogen-bond acceptors (Lipinski definition) is 5. The maximum absolute atomic E-state index is 13.2. The van der Waals surface area contributed by atoms with E-state index >= 15 is 0 Å². The summed E-state index contributed by atoms with van der Waals surface area (Å²) in [5.41, 5.74) is 1.26. The number of thioether (sulfide) groups is 1. The number of hydrogen-bond donors (Lipinski definition) is 1. The molecule has 2 aromatic carbocycles. The van der Waals surface area contributed by atoms with Crippen molar-refractivity contribution < 1.29 is 24.2 Å². The topological polar surface area (TPSA) is 76.1 Å². The average molecular weight is 373 g/mol. The van der Waals surface area contributed by atoms with E-state index in [1.807, 2.05) is 30.3 Å². The average Bonchev–Trinajstić information content (AvgIpc) is 3.13. The van der Waals surface area contributed by atoms with Gasteiger partial charge in [0.2, 0.25) is 0 Å². The molecule has 3 rings (SSSR count). The monoisotopic (exact) mass is 373 g/mol. The Morgan fingerprint density at radius 2 is 1.77 bits per heavy atom. The van der Waals surface area contributed by atoms with Crippen LogP contribution in [-0.2, 0) is 4.79 Å². The molecule has 2 aromatic rings. The minimum Gasteiger partial charge on any atom is -0.493 e. The summed E-state index contributed by atoms with van der Waals surface area (Å²) in [7, 11) is 3.01. The summed E-state index contributed by atoms with van der Waals surface area (Å²) in [6.07, 6.45) is 0. The first kappa shape index (κ1) is 18.1. The van der Waals surface area contributed by atoms with E-state index in [0.717, 1.165) is 5.56 Å². The number of ether oxygens (including phenoxy) is 2. The van der Waals surface area contributed by atoms with Crippen molar-refractivity contribution in [3.8, 4) is 11.5 Å². The smallest absolute Gasteiger partial charge is 0.327 e. The molecule has 2 atom stereocenters. The van der Waals surface area contributed by atoms with Crippen LogP contribution in [0.2, 0.25) is 0 Å². The van der Waals surface area contributed by atoms with Gasteiger partial charge < -0.3 is 19.5 Å². The number of amides is 1. The highest BCUT2D eigenvalue weighted by Crippen LogP contribution is 2.42. The predicted octanol–water partition coefficient (Wildman–Crippen LogP) is 3.04. The highest BCUT2D eigenvalue weighted by Gasteiger charge is 2.42. The maximum atomic E-state index is 13.2. The quantitative estimate of drug-likeness (QED) is 0.868. The fraction of sp³-hybridized carbons (Fsp3) is 0.263. The lowest BCUT2D eigenvalue weighted by molar-refractivity contribution is -0.141. The molecule has 0 spiro atoms. The number of carbonyl (C=O) groups is 2. The number of rotatable bonds is 5. The van der Waals surface area contributed by atoms with Crippen LogP contribution in [0.25, 0.3) is 0 Å². The molecule has 0 radical (unpaired) electrons. The van der Waals surface area contributed by atoms with Gasteiger partial charge in [0.25, 0.3) is 5.91 Å². The van der Waals surface area contributed by atoms with Gasteiger partial charge in [0, 0.05) is 11.3 Å². The van der Waals surface area contributed by atoms with Gasteiger partial charge in [-0.1, -0.05) is 30.3 Å². The first-order valence-electron chi connectivity index (χ1n) is 8.01. The summed E-state index contributed by atoms with van der Waals surface area (Å²) in [4.78, 5) is 26.3. The highest BCUT2D eigenvalue weighted by atomic mass is 32.2. The fourth-order valence-electron chi connectivity index (χ4n) is 2.94. The van der Waals surface area contributed by atoms with E-state index in [2.05, 4.69) is 0 Å². The van der Waals surface area contributed by atoms with Crippen molar-refractivity contribution in [2.45, 2.75) is 11.4 Å². The van der Waals surface area contributed by atoms with Crippen molar-refractivity contribution in [2.24, 2.45) is 0 Å². The second kappa shape index (κ2) is 7.70.